The molecule has 4 rings (SSSR count). The quantitative estimate of drug-likeness (QED) is 0.764. The number of methoxy groups -OCH3 is 1. The zero-order valence-corrected chi connectivity index (χ0v) is 15.8. The van der Waals surface area contributed by atoms with Crippen LogP contribution in [0.3, 0.4) is 0 Å². The average Bonchev–Trinajstić information content (AvgIpc) is 2.87. The molecule has 1 N–H and O–H groups in total. The smallest absolute Gasteiger partial charge is 0.276 e. The lowest BCUT2D eigenvalue weighted by Crippen LogP contribution is -2.26. The third-order valence-electron chi connectivity index (χ3n) is 4.83. The van der Waals surface area contributed by atoms with Crippen molar-refractivity contribution in [1.29, 1.82) is 0 Å². The van der Waals surface area contributed by atoms with Crippen LogP contribution in [-0.2, 0) is 19.4 Å². The number of aryl methyl sites for hydroxylation is 1. The first-order chi connectivity index (χ1) is 12.1. The Bertz CT molecular complexity index is 962. The molecule has 0 amide bonds. The van der Waals surface area contributed by atoms with Crippen molar-refractivity contribution < 1.29 is 4.74 Å². The third kappa shape index (κ3) is 3.48. The van der Waals surface area contributed by atoms with Gasteiger partial charge < -0.3 is 4.74 Å². The Labute approximate surface area is 158 Å². The van der Waals surface area contributed by atoms with Gasteiger partial charge in [-0.15, -0.1) is 12.4 Å². The van der Waals surface area contributed by atoms with Gasteiger partial charge in [-0.3, -0.25) is 14.8 Å². The van der Waals surface area contributed by atoms with Crippen LogP contribution in [0.2, 0.25) is 0 Å². The summed E-state index contributed by atoms with van der Waals surface area (Å²) in [5.74, 6) is 0.870. The Morgan fingerprint density at radius 1 is 1.19 bits per heavy atom. The maximum atomic E-state index is 12.7. The Balaban J connectivity index is 0.00000196. The fourth-order valence-electron chi connectivity index (χ4n) is 3.48. The number of fused-ring (bicyclic) bond motifs is 2. The molecule has 0 saturated carbocycles. The van der Waals surface area contributed by atoms with Crippen LogP contribution in [0.1, 0.15) is 22.5 Å². The van der Waals surface area contributed by atoms with Crippen molar-refractivity contribution in [3.8, 4) is 5.75 Å². The lowest BCUT2D eigenvalue weighted by Gasteiger charge is -2.19. The minimum atomic E-state index is 0. The number of nitrogens with one attached hydrogen (secondary N) is 1. The highest BCUT2D eigenvalue weighted by atomic mass is 35.5. The fourth-order valence-corrected chi connectivity index (χ4v) is 3.48. The number of hydrogen-bond acceptors (Lipinski definition) is 4. The number of H-pyrrole nitrogens is 1. The van der Waals surface area contributed by atoms with Gasteiger partial charge in [0, 0.05) is 43.4 Å². The molecule has 1 aliphatic heterocycles. The summed E-state index contributed by atoms with van der Waals surface area (Å²) in [7, 11) is 1.68. The van der Waals surface area contributed by atoms with Crippen LogP contribution in [0.5, 0.6) is 5.75 Å². The molecule has 0 radical (unpaired) electrons. The molecule has 1 aliphatic rings. The van der Waals surface area contributed by atoms with Crippen molar-refractivity contribution in [3.05, 3.63) is 63.2 Å². The van der Waals surface area contributed by atoms with Gasteiger partial charge in [0.05, 0.1) is 12.8 Å². The molecule has 1 aromatic carbocycles. The van der Waals surface area contributed by atoms with Crippen molar-refractivity contribution >= 4 is 18.1 Å². The van der Waals surface area contributed by atoms with E-state index in [-0.39, 0.29) is 18.0 Å². The van der Waals surface area contributed by atoms with Crippen LogP contribution in [0, 0.1) is 6.92 Å². The Kier molecular flexibility index (Phi) is 5.34. The first kappa shape index (κ1) is 18.5. The van der Waals surface area contributed by atoms with Gasteiger partial charge in [0.1, 0.15) is 5.75 Å². The van der Waals surface area contributed by atoms with Crippen LogP contribution in [0.15, 0.2) is 35.1 Å². The van der Waals surface area contributed by atoms with Crippen molar-refractivity contribution in [1.82, 2.24) is 19.5 Å². The van der Waals surface area contributed by atoms with Crippen molar-refractivity contribution in [2.24, 2.45) is 0 Å². The van der Waals surface area contributed by atoms with Gasteiger partial charge in [0.25, 0.3) is 5.56 Å². The molecule has 0 fully saturated rings. The van der Waals surface area contributed by atoms with Gasteiger partial charge in [-0.1, -0.05) is 12.1 Å². The zero-order valence-electron chi connectivity index (χ0n) is 15.0. The molecule has 3 heterocycles. The SMILES string of the molecule is COc1ccc(CN2CCc3nc4cc(C)[nH]n4c(=O)c3CC2)cc1.Cl. The number of aromatic amines is 1. The predicted molar refractivity (Wildman–Crippen MR) is 103 cm³/mol. The summed E-state index contributed by atoms with van der Waals surface area (Å²) < 4.78 is 6.77. The second kappa shape index (κ2) is 7.51. The maximum Gasteiger partial charge on any atom is 0.276 e. The van der Waals surface area contributed by atoms with Crippen molar-refractivity contribution in [2.75, 3.05) is 20.2 Å². The van der Waals surface area contributed by atoms with E-state index in [1.807, 2.05) is 25.1 Å². The predicted octanol–water partition coefficient (Wildman–Crippen LogP) is 2.36. The summed E-state index contributed by atoms with van der Waals surface area (Å²) in [6.45, 7) is 4.58. The largest absolute Gasteiger partial charge is 0.497 e. The molecule has 26 heavy (non-hydrogen) atoms. The molecule has 0 saturated heterocycles. The Morgan fingerprint density at radius 2 is 1.92 bits per heavy atom. The molecule has 0 bridgehead atoms. The van der Waals surface area contributed by atoms with Crippen LogP contribution < -0.4 is 10.3 Å². The van der Waals surface area contributed by atoms with Crippen LogP contribution in [0.4, 0.5) is 0 Å². The van der Waals surface area contributed by atoms with Gasteiger partial charge in [0.2, 0.25) is 0 Å². The van der Waals surface area contributed by atoms with Gasteiger partial charge >= 0.3 is 0 Å². The number of benzene rings is 1. The molecular weight excluding hydrogens is 352 g/mol. The standard InChI is InChI=1S/C19H22N4O2.ClH/c1-13-11-18-20-17-8-10-22(9-7-16(17)19(24)23(18)21-13)12-14-3-5-15(25-2)6-4-14;/h3-6,11,21H,7-10,12H2,1-2H3;1H. The summed E-state index contributed by atoms with van der Waals surface area (Å²) in [6.07, 6.45) is 1.54. The zero-order chi connectivity index (χ0) is 17.4. The van der Waals surface area contributed by atoms with E-state index in [1.54, 1.807) is 11.6 Å². The Morgan fingerprint density at radius 3 is 2.65 bits per heavy atom. The van der Waals surface area contributed by atoms with Crippen LogP contribution >= 0.6 is 12.4 Å². The number of aromatic nitrogens is 3. The van der Waals surface area contributed by atoms with Gasteiger partial charge in [-0.05, 0) is 31.0 Å². The highest BCUT2D eigenvalue weighted by Crippen LogP contribution is 2.17. The van der Waals surface area contributed by atoms with E-state index in [2.05, 4.69) is 22.1 Å². The van der Waals surface area contributed by atoms with Crippen molar-refractivity contribution in [3.63, 3.8) is 0 Å². The number of halogens is 1. The van der Waals surface area contributed by atoms with Gasteiger partial charge in [-0.25, -0.2) is 9.50 Å². The van der Waals surface area contributed by atoms with E-state index in [1.165, 1.54) is 5.56 Å². The summed E-state index contributed by atoms with van der Waals surface area (Å²) in [5.41, 5.74) is 4.74. The first-order valence-electron chi connectivity index (χ1n) is 8.59. The monoisotopic (exact) mass is 374 g/mol. The molecule has 0 spiro atoms. The number of hydrogen-bond donors (Lipinski definition) is 1. The lowest BCUT2D eigenvalue weighted by molar-refractivity contribution is 0.278. The van der Waals surface area contributed by atoms with E-state index in [0.29, 0.717) is 5.65 Å². The first-order valence-corrected chi connectivity index (χ1v) is 8.59. The molecule has 3 aromatic rings. The molecule has 2 aromatic heterocycles. The van der Waals surface area contributed by atoms with E-state index >= 15 is 0 Å². The molecule has 6 nitrogen and oxygen atoms in total. The van der Waals surface area contributed by atoms with Crippen LogP contribution in [-0.4, -0.2) is 39.7 Å². The molecular formula is C19H23ClN4O2. The molecule has 0 unspecified atom stereocenters. The highest BCUT2D eigenvalue weighted by molar-refractivity contribution is 5.85. The lowest BCUT2D eigenvalue weighted by atomic mass is 10.1. The topological polar surface area (TPSA) is 62.6 Å². The summed E-state index contributed by atoms with van der Waals surface area (Å²) >= 11 is 0. The molecule has 0 atom stereocenters. The Hall–Kier alpha value is -2.31. The highest BCUT2D eigenvalue weighted by Gasteiger charge is 2.20. The molecule has 7 heteroatoms. The minimum absolute atomic E-state index is 0. The fraction of sp³-hybridized carbons (Fsp3) is 0.368. The van der Waals surface area contributed by atoms with E-state index in [0.717, 1.165) is 55.2 Å². The van der Waals surface area contributed by atoms with E-state index < -0.39 is 0 Å². The molecule has 0 aliphatic carbocycles. The normalized spacial score (nSPS) is 14.5. The summed E-state index contributed by atoms with van der Waals surface area (Å²) in [4.78, 5) is 19.8. The van der Waals surface area contributed by atoms with Gasteiger partial charge in [-0.2, -0.15) is 0 Å². The van der Waals surface area contributed by atoms with Crippen LogP contribution in [0.25, 0.3) is 5.65 Å². The third-order valence-corrected chi connectivity index (χ3v) is 4.83. The summed E-state index contributed by atoms with van der Waals surface area (Å²) in [6, 6.07) is 10.1. The maximum absolute atomic E-state index is 12.7. The second-order valence-corrected chi connectivity index (χ2v) is 6.60. The van der Waals surface area contributed by atoms with E-state index in [4.69, 9.17) is 9.72 Å². The second-order valence-electron chi connectivity index (χ2n) is 6.60. The van der Waals surface area contributed by atoms with Gasteiger partial charge in [0.15, 0.2) is 5.65 Å². The average molecular weight is 375 g/mol. The van der Waals surface area contributed by atoms with Crippen molar-refractivity contribution in [2.45, 2.75) is 26.3 Å². The summed E-state index contributed by atoms with van der Waals surface area (Å²) in [5, 5.41) is 3.08. The number of rotatable bonds is 3. The number of ether oxygens (including phenoxy) is 1. The minimum Gasteiger partial charge on any atom is -0.497 e. The number of nitrogens with zero attached hydrogens (tertiary/aromatic N) is 3. The molecule has 138 valence electrons. The van der Waals surface area contributed by atoms with E-state index in [9.17, 15) is 4.79 Å².